The van der Waals surface area contributed by atoms with Gasteiger partial charge in [-0.05, 0) is 17.4 Å². The number of amides is 2. The van der Waals surface area contributed by atoms with Gasteiger partial charge < -0.3 is 25.5 Å². The van der Waals surface area contributed by atoms with Crippen LogP contribution in [0.3, 0.4) is 0 Å². The third-order valence-electron chi connectivity index (χ3n) is 4.43. The molecule has 0 aliphatic rings. The minimum atomic E-state index is -0.602. The molecule has 0 aliphatic heterocycles. The molecule has 4 N–H and O–H groups in total. The molecule has 8 nitrogen and oxygen atoms in total. The Labute approximate surface area is 181 Å². The van der Waals surface area contributed by atoms with Gasteiger partial charge in [0.25, 0.3) is 5.91 Å². The van der Waals surface area contributed by atoms with Crippen LogP contribution in [0.2, 0.25) is 0 Å². The van der Waals surface area contributed by atoms with E-state index in [1.54, 1.807) is 0 Å². The SMILES string of the molecule is CC(C)[C@H](NC(=O)c1coc([C@@H](NC(=O)OCc2ccccc2)C(C)C)n1)C(N)=S. The number of hydrogen-bond acceptors (Lipinski definition) is 6. The first kappa shape index (κ1) is 23.3. The first-order chi connectivity index (χ1) is 14.2. The van der Waals surface area contributed by atoms with Crippen LogP contribution in [0.15, 0.2) is 41.0 Å². The zero-order valence-corrected chi connectivity index (χ0v) is 18.4. The van der Waals surface area contributed by atoms with Crippen molar-refractivity contribution in [3.8, 4) is 0 Å². The number of aromatic nitrogens is 1. The predicted molar refractivity (Wildman–Crippen MR) is 117 cm³/mol. The van der Waals surface area contributed by atoms with E-state index >= 15 is 0 Å². The van der Waals surface area contributed by atoms with Crippen LogP contribution < -0.4 is 16.4 Å². The first-order valence-corrected chi connectivity index (χ1v) is 10.1. The van der Waals surface area contributed by atoms with E-state index in [1.165, 1.54) is 6.26 Å². The number of hydrogen-bond donors (Lipinski definition) is 3. The quantitative estimate of drug-likeness (QED) is 0.520. The highest BCUT2D eigenvalue weighted by Gasteiger charge is 2.27. The van der Waals surface area contributed by atoms with E-state index in [2.05, 4.69) is 15.6 Å². The van der Waals surface area contributed by atoms with Crippen LogP contribution in [0.1, 0.15) is 55.7 Å². The number of oxazole rings is 1. The van der Waals surface area contributed by atoms with Gasteiger partial charge in [-0.3, -0.25) is 4.79 Å². The molecule has 2 atom stereocenters. The summed E-state index contributed by atoms with van der Waals surface area (Å²) in [7, 11) is 0. The summed E-state index contributed by atoms with van der Waals surface area (Å²) in [6.45, 7) is 7.74. The van der Waals surface area contributed by atoms with Crippen LogP contribution in [-0.2, 0) is 11.3 Å². The maximum Gasteiger partial charge on any atom is 0.408 e. The number of nitrogens with zero attached hydrogens (tertiary/aromatic N) is 1. The number of carbonyl (C=O) groups excluding carboxylic acids is 2. The Morgan fingerprint density at radius 1 is 1.13 bits per heavy atom. The molecule has 1 aromatic heterocycles. The topological polar surface area (TPSA) is 119 Å². The van der Waals surface area contributed by atoms with E-state index in [0.29, 0.717) is 0 Å². The lowest BCUT2D eigenvalue weighted by molar-refractivity contribution is 0.0934. The molecule has 0 saturated heterocycles. The summed E-state index contributed by atoms with van der Waals surface area (Å²) >= 11 is 5.01. The van der Waals surface area contributed by atoms with Gasteiger partial charge in [-0.1, -0.05) is 70.2 Å². The number of nitrogens with two attached hydrogens (primary N) is 1. The van der Waals surface area contributed by atoms with Gasteiger partial charge in [0, 0.05) is 0 Å². The Morgan fingerprint density at radius 2 is 1.80 bits per heavy atom. The molecular weight excluding hydrogens is 404 g/mol. The monoisotopic (exact) mass is 432 g/mol. The van der Waals surface area contributed by atoms with Crippen LogP contribution in [0.4, 0.5) is 4.79 Å². The lowest BCUT2D eigenvalue weighted by atomic mass is 10.0. The van der Waals surface area contributed by atoms with Crippen LogP contribution in [0, 0.1) is 11.8 Å². The van der Waals surface area contributed by atoms with Crippen molar-refractivity contribution in [2.45, 2.75) is 46.4 Å². The van der Waals surface area contributed by atoms with Crippen molar-refractivity contribution in [2.24, 2.45) is 17.6 Å². The minimum absolute atomic E-state index is 0.0299. The van der Waals surface area contributed by atoms with Crippen molar-refractivity contribution in [1.82, 2.24) is 15.6 Å². The molecule has 0 radical (unpaired) electrons. The molecule has 0 aliphatic carbocycles. The molecule has 162 valence electrons. The zero-order chi connectivity index (χ0) is 22.3. The molecule has 1 heterocycles. The van der Waals surface area contributed by atoms with Crippen molar-refractivity contribution in [1.29, 1.82) is 0 Å². The minimum Gasteiger partial charge on any atom is -0.446 e. The number of ether oxygens (including phenoxy) is 1. The van der Waals surface area contributed by atoms with Gasteiger partial charge in [0.2, 0.25) is 5.89 Å². The van der Waals surface area contributed by atoms with Crippen LogP contribution in [0.5, 0.6) is 0 Å². The summed E-state index contributed by atoms with van der Waals surface area (Å²) in [6, 6.07) is 8.33. The Balaban J connectivity index is 2.02. The largest absolute Gasteiger partial charge is 0.446 e. The van der Waals surface area contributed by atoms with Gasteiger partial charge in [0.15, 0.2) is 5.69 Å². The fourth-order valence-electron chi connectivity index (χ4n) is 2.72. The standard InChI is InChI=1S/C21H28N4O4S/c1-12(2)16(18(22)30)24-19(26)15-11-28-20(23-15)17(13(3)4)25-21(27)29-10-14-8-6-5-7-9-14/h5-9,11-13,16-17H,10H2,1-4H3,(H2,22,30)(H,24,26)(H,25,27)/t16-,17-/m0/s1. The van der Waals surface area contributed by atoms with Gasteiger partial charge in [-0.15, -0.1) is 0 Å². The van der Waals surface area contributed by atoms with Gasteiger partial charge in [0.05, 0.1) is 11.0 Å². The van der Waals surface area contributed by atoms with Crippen molar-refractivity contribution in [2.75, 3.05) is 0 Å². The summed E-state index contributed by atoms with van der Waals surface area (Å²) in [5.74, 6) is -0.264. The molecule has 1 aromatic carbocycles. The van der Waals surface area contributed by atoms with E-state index in [0.717, 1.165) is 5.56 Å². The fraction of sp³-hybridized carbons (Fsp3) is 0.429. The highest BCUT2D eigenvalue weighted by Crippen LogP contribution is 2.21. The molecule has 2 rings (SSSR count). The summed E-state index contributed by atoms with van der Waals surface area (Å²) in [5, 5.41) is 5.50. The summed E-state index contributed by atoms with van der Waals surface area (Å²) in [6.07, 6.45) is 0.642. The van der Waals surface area contributed by atoms with E-state index in [-0.39, 0.29) is 35.0 Å². The van der Waals surface area contributed by atoms with Gasteiger partial charge in [-0.2, -0.15) is 0 Å². The van der Waals surface area contributed by atoms with Crippen LogP contribution >= 0.6 is 12.2 Å². The molecule has 2 aromatic rings. The van der Waals surface area contributed by atoms with E-state index in [9.17, 15) is 9.59 Å². The second-order valence-electron chi connectivity index (χ2n) is 7.60. The summed E-state index contributed by atoms with van der Waals surface area (Å²) in [5.41, 5.74) is 6.65. The van der Waals surface area contributed by atoms with E-state index in [4.69, 9.17) is 27.1 Å². The molecule has 0 saturated carbocycles. The van der Waals surface area contributed by atoms with Crippen molar-refractivity contribution in [3.63, 3.8) is 0 Å². The average molecular weight is 433 g/mol. The lowest BCUT2D eigenvalue weighted by Gasteiger charge is -2.20. The van der Waals surface area contributed by atoms with Gasteiger partial charge in [0.1, 0.15) is 18.9 Å². The molecule has 0 fully saturated rings. The Morgan fingerprint density at radius 3 is 2.37 bits per heavy atom. The molecule has 0 bridgehead atoms. The molecule has 0 unspecified atom stereocenters. The van der Waals surface area contributed by atoms with Crippen molar-refractivity contribution in [3.05, 3.63) is 53.7 Å². The van der Waals surface area contributed by atoms with Crippen molar-refractivity contribution < 1.29 is 18.7 Å². The first-order valence-electron chi connectivity index (χ1n) is 9.71. The molecule has 2 amide bonds. The third kappa shape index (κ3) is 6.55. The second kappa shape index (κ2) is 10.7. The maximum absolute atomic E-state index is 12.5. The van der Waals surface area contributed by atoms with E-state index in [1.807, 2.05) is 58.0 Å². The maximum atomic E-state index is 12.5. The van der Waals surface area contributed by atoms with Gasteiger partial charge >= 0.3 is 6.09 Å². The van der Waals surface area contributed by atoms with E-state index < -0.39 is 24.1 Å². The predicted octanol–water partition coefficient (Wildman–Crippen LogP) is 3.34. The van der Waals surface area contributed by atoms with Gasteiger partial charge in [-0.25, -0.2) is 9.78 Å². The van der Waals surface area contributed by atoms with Crippen LogP contribution in [-0.4, -0.2) is 28.0 Å². The number of thiocarbonyl (C=S) groups is 1. The number of nitrogens with one attached hydrogen (secondary N) is 2. The molecule has 9 heteroatoms. The Bertz CT molecular complexity index is 867. The highest BCUT2D eigenvalue weighted by molar-refractivity contribution is 7.80. The number of alkyl carbamates (subject to hydrolysis) is 1. The second-order valence-corrected chi connectivity index (χ2v) is 8.07. The third-order valence-corrected chi connectivity index (χ3v) is 4.69. The molecule has 30 heavy (non-hydrogen) atoms. The Hall–Kier alpha value is -2.94. The number of rotatable bonds is 9. The van der Waals surface area contributed by atoms with Crippen molar-refractivity contribution >= 4 is 29.2 Å². The number of benzene rings is 1. The Kier molecular flexibility index (Phi) is 8.35. The highest BCUT2D eigenvalue weighted by atomic mass is 32.1. The molecule has 0 spiro atoms. The normalized spacial score (nSPS) is 13.0. The summed E-state index contributed by atoms with van der Waals surface area (Å²) < 4.78 is 10.7. The average Bonchev–Trinajstić information content (AvgIpc) is 3.18. The smallest absolute Gasteiger partial charge is 0.408 e. The molecular formula is C21H28N4O4S. The van der Waals surface area contributed by atoms with Crippen LogP contribution in [0.25, 0.3) is 0 Å². The summed E-state index contributed by atoms with van der Waals surface area (Å²) in [4.78, 5) is 29.2. The lowest BCUT2D eigenvalue weighted by Crippen LogP contribution is -2.46. The number of carbonyl (C=O) groups is 2. The zero-order valence-electron chi connectivity index (χ0n) is 17.5. The fourth-order valence-corrected chi connectivity index (χ4v) is 3.05.